The van der Waals surface area contributed by atoms with Crippen LogP contribution in [0.2, 0.25) is 0 Å². The van der Waals surface area contributed by atoms with Crippen molar-refractivity contribution in [2.75, 3.05) is 0 Å². The first-order valence-corrected chi connectivity index (χ1v) is 11.0. The number of sulfonamides is 1. The lowest BCUT2D eigenvalue weighted by Crippen LogP contribution is -2.53. The molecule has 176 valence electrons. The molecule has 0 aromatic heterocycles. The SMILES string of the molecule is NS(=O)(=O)Cc1cccc(-c2ccc(C(O)(C(F)(F)F)C(F)(F)F)cc2-c2ccccc2)c1. The lowest BCUT2D eigenvalue weighted by Gasteiger charge is -2.33. The van der Waals surface area contributed by atoms with Gasteiger partial charge < -0.3 is 5.11 Å². The van der Waals surface area contributed by atoms with Gasteiger partial charge in [0, 0.05) is 5.56 Å². The van der Waals surface area contributed by atoms with Crippen molar-refractivity contribution in [1.82, 2.24) is 0 Å². The standard InChI is InChI=1S/C22H17F6NO3S/c23-21(24,25)20(30,22(26,27)28)17-9-10-18(19(12-17)15-6-2-1-3-7-15)16-8-4-5-14(11-16)13-33(29,31)32/h1-12,30H,13H2,(H2,29,31,32). The third kappa shape index (κ3) is 5.05. The Hall–Kier alpha value is -2.89. The maximum Gasteiger partial charge on any atom is 0.430 e. The van der Waals surface area contributed by atoms with Crippen LogP contribution < -0.4 is 5.14 Å². The van der Waals surface area contributed by atoms with Crippen molar-refractivity contribution in [3.63, 3.8) is 0 Å². The first kappa shape index (κ1) is 24.7. The fourth-order valence-corrected chi connectivity index (χ4v) is 4.07. The highest BCUT2D eigenvalue weighted by atomic mass is 32.2. The number of benzene rings is 3. The summed E-state index contributed by atoms with van der Waals surface area (Å²) in [6.07, 6.45) is -12.1. The maximum absolute atomic E-state index is 13.4. The van der Waals surface area contributed by atoms with Gasteiger partial charge in [0.15, 0.2) is 0 Å². The zero-order valence-corrected chi connectivity index (χ0v) is 17.5. The van der Waals surface area contributed by atoms with Gasteiger partial charge >= 0.3 is 12.4 Å². The first-order valence-electron chi connectivity index (χ1n) is 9.29. The highest BCUT2D eigenvalue weighted by molar-refractivity contribution is 7.88. The number of hydrogen-bond donors (Lipinski definition) is 2. The van der Waals surface area contributed by atoms with Gasteiger partial charge in [0.1, 0.15) is 0 Å². The molecule has 0 aliphatic heterocycles. The molecule has 0 spiro atoms. The van der Waals surface area contributed by atoms with E-state index in [0.29, 0.717) is 17.7 Å². The summed E-state index contributed by atoms with van der Waals surface area (Å²) in [7, 11) is -3.88. The Bertz CT molecular complexity index is 1240. The van der Waals surface area contributed by atoms with Crippen LogP contribution in [0.15, 0.2) is 72.8 Å². The Morgan fingerprint density at radius 2 is 1.30 bits per heavy atom. The van der Waals surface area contributed by atoms with Crippen LogP contribution in [0, 0.1) is 0 Å². The van der Waals surface area contributed by atoms with Crippen LogP contribution >= 0.6 is 0 Å². The monoisotopic (exact) mass is 489 g/mol. The number of rotatable bonds is 5. The molecule has 3 N–H and O–H groups in total. The highest BCUT2D eigenvalue weighted by Gasteiger charge is 2.71. The zero-order chi connectivity index (χ0) is 24.7. The van der Waals surface area contributed by atoms with Crippen molar-refractivity contribution >= 4 is 10.0 Å². The Kier molecular flexibility index (Phi) is 6.35. The molecular weight excluding hydrogens is 472 g/mol. The lowest BCUT2D eigenvalue weighted by molar-refractivity contribution is -0.376. The summed E-state index contributed by atoms with van der Waals surface area (Å²) in [5, 5.41) is 14.9. The molecule has 33 heavy (non-hydrogen) atoms. The van der Waals surface area contributed by atoms with E-state index in [4.69, 9.17) is 5.14 Å². The largest absolute Gasteiger partial charge is 0.430 e. The van der Waals surface area contributed by atoms with Gasteiger partial charge in [-0.3, -0.25) is 0 Å². The predicted octanol–water partition coefficient (Wildman–Crippen LogP) is 5.12. The van der Waals surface area contributed by atoms with Crippen molar-refractivity contribution in [2.24, 2.45) is 5.14 Å². The van der Waals surface area contributed by atoms with Gasteiger partial charge in [0.25, 0.3) is 5.60 Å². The molecule has 0 fully saturated rings. The molecule has 0 aliphatic rings. The molecule has 0 saturated carbocycles. The average Bonchev–Trinajstić information content (AvgIpc) is 2.70. The molecule has 11 heteroatoms. The molecule has 4 nitrogen and oxygen atoms in total. The Balaban J connectivity index is 2.27. The van der Waals surface area contributed by atoms with Gasteiger partial charge in [-0.15, -0.1) is 0 Å². The number of aliphatic hydroxyl groups is 1. The fraction of sp³-hybridized carbons (Fsp3) is 0.182. The summed E-state index contributed by atoms with van der Waals surface area (Å²) >= 11 is 0. The minimum absolute atomic E-state index is 0.0206. The summed E-state index contributed by atoms with van der Waals surface area (Å²) < 4.78 is 103. The molecule has 0 heterocycles. The second kappa shape index (κ2) is 8.47. The van der Waals surface area contributed by atoms with E-state index < -0.39 is 39.3 Å². The van der Waals surface area contributed by atoms with Gasteiger partial charge in [-0.25, -0.2) is 13.6 Å². The summed E-state index contributed by atoms with van der Waals surface area (Å²) in [5.74, 6) is -0.512. The number of nitrogens with two attached hydrogens (primary N) is 1. The normalized spacial score (nSPS) is 13.2. The summed E-state index contributed by atoms with van der Waals surface area (Å²) in [6, 6.07) is 15.8. The minimum Gasteiger partial charge on any atom is -0.369 e. The molecule has 0 saturated heterocycles. The van der Waals surface area contributed by atoms with Crippen molar-refractivity contribution in [2.45, 2.75) is 23.7 Å². The summed E-state index contributed by atoms with van der Waals surface area (Å²) in [6.45, 7) is 0. The minimum atomic E-state index is -6.03. The molecule has 3 aromatic rings. The smallest absolute Gasteiger partial charge is 0.369 e. The average molecular weight is 489 g/mol. The van der Waals surface area contributed by atoms with Crippen molar-refractivity contribution in [1.29, 1.82) is 0 Å². The van der Waals surface area contributed by atoms with E-state index in [2.05, 4.69) is 0 Å². The van der Waals surface area contributed by atoms with Gasteiger partial charge in [-0.05, 0) is 33.9 Å². The van der Waals surface area contributed by atoms with Gasteiger partial charge in [-0.2, -0.15) is 26.3 Å². The predicted molar refractivity (Wildman–Crippen MR) is 110 cm³/mol. The third-order valence-corrected chi connectivity index (χ3v) is 5.68. The van der Waals surface area contributed by atoms with Crippen LogP contribution in [-0.4, -0.2) is 25.9 Å². The second-order valence-electron chi connectivity index (χ2n) is 7.34. The quantitative estimate of drug-likeness (QED) is 0.488. The topological polar surface area (TPSA) is 80.4 Å². The molecule has 0 amide bonds. The van der Waals surface area contributed by atoms with E-state index in [1.165, 1.54) is 36.4 Å². The number of halogens is 6. The molecule has 0 atom stereocenters. The molecule has 0 bridgehead atoms. The number of hydrogen-bond acceptors (Lipinski definition) is 3. The van der Waals surface area contributed by atoms with Crippen LogP contribution in [0.5, 0.6) is 0 Å². The number of primary sulfonamides is 1. The van der Waals surface area contributed by atoms with Crippen molar-refractivity contribution in [3.05, 3.63) is 83.9 Å². The molecule has 3 aromatic carbocycles. The molecule has 3 rings (SSSR count). The molecular formula is C22H17F6NO3S. The van der Waals surface area contributed by atoms with Crippen LogP contribution in [0.25, 0.3) is 22.3 Å². The van der Waals surface area contributed by atoms with Gasteiger partial charge in [0.05, 0.1) is 5.75 Å². The van der Waals surface area contributed by atoms with Crippen molar-refractivity contribution < 1.29 is 39.9 Å². The van der Waals surface area contributed by atoms with E-state index in [0.717, 1.165) is 6.07 Å². The van der Waals surface area contributed by atoms with Crippen LogP contribution in [0.1, 0.15) is 11.1 Å². The van der Waals surface area contributed by atoms with Crippen LogP contribution in [0.3, 0.4) is 0 Å². The van der Waals surface area contributed by atoms with Crippen molar-refractivity contribution in [3.8, 4) is 22.3 Å². The Morgan fingerprint density at radius 3 is 1.85 bits per heavy atom. The zero-order valence-electron chi connectivity index (χ0n) is 16.7. The van der Waals surface area contributed by atoms with Crippen LogP contribution in [0.4, 0.5) is 26.3 Å². The van der Waals surface area contributed by atoms with E-state index >= 15 is 0 Å². The Labute approximate surface area is 185 Å². The van der Waals surface area contributed by atoms with Crippen LogP contribution in [-0.2, 0) is 21.4 Å². The van der Waals surface area contributed by atoms with Gasteiger partial charge in [-0.1, -0.05) is 66.7 Å². The Morgan fingerprint density at radius 1 is 0.727 bits per heavy atom. The van der Waals surface area contributed by atoms with Gasteiger partial charge in [0.2, 0.25) is 10.0 Å². The summed E-state index contributed by atoms with van der Waals surface area (Å²) in [5.41, 5.74) is -5.37. The first-order chi connectivity index (χ1) is 15.1. The van der Waals surface area contributed by atoms with E-state index in [1.54, 1.807) is 18.2 Å². The maximum atomic E-state index is 13.4. The second-order valence-corrected chi connectivity index (χ2v) is 8.95. The number of alkyl halides is 6. The van der Waals surface area contributed by atoms with E-state index in [-0.39, 0.29) is 22.3 Å². The lowest BCUT2D eigenvalue weighted by atomic mass is 9.86. The van der Waals surface area contributed by atoms with E-state index in [1.807, 2.05) is 0 Å². The van der Waals surface area contributed by atoms with E-state index in [9.17, 15) is 39.9 Å². The summed E-state index contributed by atoms with van der Waals surface area (Å²) in [4.78, 5) is 0. The molecule has 0 aliphatic carbocycles. The fourth-order valence-electron chi connectivity index (χ4n) is 3.43. The highest BCUT2D eigenvalue weighted by Crippen LogP contribution is 2.51. The molecule has 0 radical (unpaired) electrons. The third-order valence-electron chi connectivity index (χ3n) is 4.95. The molecule has 0 unspecified atom stereocenters.